The number of aryl methyl sites for hydroxylation is 1. The minimum Gasteiger partial charge on any atom is -0.314 e. The summed E-state index contributed by atoms with van der Waals surface area (Å²) in [4.78, 5) is 1.79. The monoisotopic (exact) mass is 322 g/mol. The zero-order chi connectivity index (χ0) is 16.3. The van der Waals surface area contributed by atoms with Gasteiger partial charge in [-0.15, -0.1) is 0 Å². The van der Waals surface area contributed by atoms with Gasteiger partial charge in [-0.3, -0.25) is 4.90 Å². The molecule has 1 saturated heterocycles. The fourth-order valence-corrected chi connectivity index (χ4v) is 2.75. The Morgan fingerprint density at radius 1 is 1.14 bits per heavy atom. The van der Waals surface area contributed by atoms with Crippen LogP contribution in [0.15, 0.2) is 12.1 Å². The molecule has 0 aromatic heterocycles. The lowest BCUT2D eigenvalue weighted by Crippen LogP contribution is -2.45. The van der Waals surface area contributed by atoms with Gasteiger partial charge < -0.3 is 5.32 Å². The maximum absolute atomic E-state index is 14.2. The van der Waals surface area contributed by atoms with Crippen LogP contribution < -0.4 is 5.32 Å². The molecule has 1 heterocycles. The number of nitrogens with one attached hydrogen (secondary N) is 1. The van der Waals surface area contributed by atoms with E-state index in [9.17, 15) is 22.0 Å². The van der Waals surface area contributed by atoms with Crippen LogP contribution in [0.5, 0.6) is 0 Å². The lowest BCUT2D eigenvalue weighted by molar-refractivity contribution is -0.138. The van der Waals surface area contributed by atoms with Gasteiger partial charge in [0.2, 0.25) is 0 Å². The number of rotatable bonds is 4. The number of hydrogen-bond donors (Lipinski definition) is 1. The van der Waals surface area contributed by atoms with Crippen molar-refractivity contribution in [3.63, 3.8) is 0 Å². The number of alkyl halides is 3. The first-order chi connectivity index (χ1) is 10.3. The first kappa shape index (κ1) is 17.1. The highest BCUT2D eigenvalue weighted by Crippen LogP contribution is 2.34. The Hall–Kier alpha value is -1.21. The zero-order valence-corrected chi connectivity index (χ0v) is 12.3. The highest BCUT2D eigenvalue weighted by molar-refractivity contribution is 5.28. The minimum atomic E-state index is -4.31. The van der Waals surface area contributed by atoms with Crippen LogP contribution in [0.25, 0.3) is 0 Å². The van der Waals surface area contributed by atoms with E-state index in [0.29, 0.717) is 26.2 Å². The SMILES string of the molecule is Cc1ccc([C@@H](CCC(F)(F)F)N2CCNCC2)c(F)c1F. The molecule has 1 aliphatic rings. The van der Waals surface area contributed by atoms with E-state index in [-0.39, 0.29) is 17.5 Å². The predicted molar refractivity (Wildman–Crippen MR) is 73.6 cm³/mol. The van der Waals surface area contributed by atoms with Crippen LogP contribution >= 0.6 is 0 Å². The van der Waals surface area contributed by atoms with E-state index in [1.165, 1.54) is 19.1 Å². The summed E-state index contributed by atoms with van der Waals surface area (Å²) >= 11 is 0. The second kappa shape index (κ2) is 6.91. The number of benzene rings is 1. The first-order valence-corrected chi connectivity index (χ1v) is 7.25. The van der Waals surface area contributed by atoms with Crippen molar-refractivity contribution in [3.8, 4) is 0 Å². The summed E-state index contributed by atoms with van der Waals surface area (Å²) in [6.07, 6.45) is -5.61. The van der Waals surface area contributed by atoms with Gasteiger partial charge in [-0.1, -0.05) is 12.1 Å². The van der Waals surface area contributed by atoms with Crippen molar-refractivity contribution in [1.82, 2.24) is 10.2 Å². The minimum absolute atomic E-state index is 0.00856. The molecule has 0 saturated carbocycles. The Labute approximate surface area is 126 Å². The second-order valence-corrected chi connectivity index (χ2v) is 5.56. The van der Waals surface area contributed by atoms with Gasteiger partial charge in [0.1, 0.15) is 0 Å². The van der Waals surface area contributed by atoms with Crippen molar-refractivity contribution >= 4 is 0 Å². The van der Waals surface area contributed by atoms with Gasteiger partial charge in [0.25, 0.3) is 0 Å². The van der Waals surface area contributed by atoms with E-state index in [4.69, 9.17) is 0 Å². The largest absolute Gasteiger partial charge is 0.389 e. The summed E-state index contributed by atoms with van der Waals surface area (Å²) in [6.45, 7) is 3.70. The van der Waals surface area contributed by atoms with E-state index in [2.05, 4.69) is 5.32 Å². The van der Waals surface area contributed by atoms with E-state index >= 15 is 0 Å². The second-order valence-electron chi connectivity index (χ2n) is 5.56. The molecule has 0 spiro atoms. The average molecular weight is 322 g/mol. The van der Waals surface area contributed by atoms with Crippen LogP contribution in [0.2, 0.25) is 0 Å². The predicted octanol–water partition coefficient (Wildman–Crippen LogP) is 3.56. The van der Waals surface area contributed by atoms with E-state index in [0.717, 1.165) is 0 Å². The molecule has 124 valence electrons. The summed E-state index contributed by atoms with van der Waals surface area (Å²) in [5, 5.41) is 3.10. The highest BCUT2D eigenvalue weighted by Gasteiger charge is 2.32. The Kier molecular flexibility index (Phi) is 5.39. The van der Waals surface area contributed by atoms with Crippen molar-refractivity contribution in [2.45, 2.75) is 32.0 Å². The Morgan fingerprint density at radius 2 is 1.77 bits per heavy atom. The van der Waals surface area contributed by atoms with E-state index in [1.54, 1.807) is 4.90 Å². The summed E-state index contributed by atoms with van der Waals surface area (Å²) in [7, 11) is 0. The molecule has 1 aliphatic heterocycles. The summed E-state index contributed by atoms with van der Waals surface area (Å²) in [5.41, 5.74) is 0.158. The van der Waals surface area contributed by atoms with Gasteiger partial charge >= 0.3 is 6.18 Å². The lowest BCUT2D eigenvalue weighted by atomic mass is 9.97. The van der Waals surface area contributed by atoms with Crippen molar-refractivity contribution in [1.29, 1.82) is 0 Å². The standard InChI is InChI=1S/C15H19F5N2/c1-10-2-3-11(14(17)13(10)16)12(4-5-15(18,19)20)22-8-6-21-7-9-22/h2-3,12,21H,4-9H2,1H3/t12-/m1/s1. The third-order valence-corrected chi connectivity index (χ3v) is 3.96. The maximum Gasteiger partial charge on any atom is 0.389 e. The smallest absolute Gasteiger partial charge is 0.314 e. The normalized spacial score (nSPS) is 18.5. The van der Waals surface area contributed by atoms with Crippen LogP contribution in [0.1, 0.15) is 30.0 Å². The number of nitrogens with zero attached hydrogens (tertiary/aromatic N) is 1. The third-order valence-electron chi connectivity index (χ3n) is 3.96. The van der Waals surface area contributed by atoms with Gasteiger partial charge in [0, 0.05) is 44.2 Å². The molecule has 1 fully saturated rings. The van der Waals surface area contributed by atoms with Crippen LogP contribution in [-0.2, 0) is 0 Å². The molecule has 0 radical (unpaired) electrons. The molecule has 1 atom stereocenters. The number of halogens is 5. The molecule has 22 heavy (non-hydrogen) atoms. The molecule has 0 unspecified atom stereocenters. The molecule has 0 aliphatic carbocycles. The highest BCUT2D eigenvalue weighted by atomic mass is 19.4. The van der Waals surface area contributed by atoms with E-state index < -0.39 is 30.3 Å². The fourth-order valence-electron chi connectivity index (χ4n) is 2.75. The van der Waals surface area contributed by atoms with E-state index in [1.807, 2.05) is 0 Å². The fraction of sp³-hybridized carbons (Fsp3) is 0.600. The topological polar surface area (TPSA) is 15.3 Å². The summed E-state index contributed by atoms with van der Waals surface area (Å²) in [5.74, 6) is -2.02. The molecule has 2 rings (SSSR count). The lowest BCUT2D eigenvalue weighted by Gasteiger charge is -2.35. The van der Waals surface area contributed by atoms with Crippen molar-refractivity contribution in [3.05, 3.63) is 34.9 Å². The quantitative estimate of drug-likeness (QED) is 0.853. The molecular formula is C15H19F5N2. The van der Waals surface area contributed by atoms with Crippen molar-refractivity contribution in [2.24, 2.45) is 0 Å². The van der Waals surface area contributed by atoms with Crippen molar-refractivity contribution in [2.75, 3.05) is 26.2 Å². The van der Waals surface area contributed by atoms with Gasteiger partial charge in [0.05, 0.1) is 0 Å². The van der Waals surface area contributed by atoms with Gasteiger partial charge in [-0.25, -0.2) is 8.78 Å². The molecule has 7 heteroatoms. The Morgan fingerprint density at radius 3 is 2.36 bits per heavy atom. The van der Waals surface area contributed by atoms with Crippen LogP contribution in [-0.4, -0.2) is 37.3 Å². The summed E-state index contributed by atoms with van der Waals surface area (Å²) < 4.78 is 65.6. The molecule has 0 amide bonds. The maximum atomic E-state index is 14.2. The Bertz CT molecular complexity index is 509. The third kappa shape index (κ3) is 4.16. The van der Waals surface area contributed by atoms with Gasteiger partial charge in [-0.05, 0) is 18.9 Å². The van der Waals surface area contributed by atoms with Crippen LogP contribution in [0, 0.1) is 18.6 Å². The molecular weight excluding hydrogens is 303 g/mol. The van der Waals surface area contributed by atoms with Crippen LogP contribution in [0.4, 0.5) is 22.0 Å². The summed E-state index contributed by atoms with van der Waals surface area (Å²) in [6, 6.07) is 2.05. The number of hydrogen-bond acceptors (Lipinski definition) is 2. The Balaban J connectivity index is 2.28. The zero-order valence-electron chi connectivity index (χ0n) is 12.3. The van der Waals surface area contributed by atoms with Crippen molar-refractivity contribution < 1.29 is 22.0 Å². The first-order valence-electron chi connectivity index (χ1n) is 7.25. The molecule has 1 aromatic carbocycles. The molecule has 0 bridgehead atoms. The van der Waals surface area contributed by atoms with Gasteiger partial charge in [-0.2, -0.15) is 13.2 Å². The molecule has 2 nitrogen and oxygen atoms in total. The van der Waals surface area contributed by atoms with Crippen LogP contribution in [0.3, 0.4) is 0 Å². The molecule has 1 N–H and O–H groups in total. The average Bonchev–Trinajstić information content (AvgIpc) is 2.47. The van der Waals surface area contributed by atoms with Gasteiger partial charge in [0.15, 0.2) is 11.6 Å². The molecule has 1 aromatic rings. The number of piperazine rings is 1.